The van der Waals surface area contributed by atoms with Crippen molar-refractivity contribution in [3.63, 3.8) is 0 Å². The van der Waals surface area contributed by atoms with E-state index in [0.717, 1.165) is 56.8 Å². The summed E-state index contributed by atoms with van der Waals surface area (Å²) in [5, 5.41) is 4.59. The van der Waals surface area contributed by atoms with Crippen LogP contribution in [0.3, 0.4) is 0 Å². The first-order valence-electron chi connectivity index (χ1n) is 13.6. The first-order chi connectivity index (χ1) is 17.9. The number of likely N-dealkylation sites (tertiary alicyclic amines) is 1. The molecule has 2 fully saturated rings. The molecule has 7 nitrogen and oxygen atoms in total. The molecule has 2 aliphatic rings. The van der Waals surface area contributed by atoms with E-state index in [1.54, 1.807) is 24.3 Å². The molecule has 1 saturated heterocycles. The van der Waals surface area contributed by atoms with Crippen LogP contribution in [-0.2, 0) is 21.4 Å². The number of ether oxygens (including phenoxy) is 1. The molecule has 1 heterocycles. The molecule has 0 atom stereocenters. The van der Waals surface area contributed by atoms with Crippen molar-refractivity contribution < 1.29 is 18.0 Å². The summed E-state index contributed by atoms with van der Waals surface area (Å²) in [7, 11) is -3.29. The summed E-state index contributed by atoms with van der Waals surface area (Å²) < 4.78 is 31.1. The average molecular weight is 528 g/mol. The van der Waals surface area contributed by atoms with E-state index in [1.807, 2.05) is 19.1 Å². The molecule has 0 spiro atoms. The number of rotatable bonds is 11. The van der Waals surface area contributed by atoms with Crippen LogP contribution >= 0.6 is 0 Å². The molecule has 2 aromatic rings. The Kier molecular flexibility index (Phi) is 9.86. The van der Waals surface area contributed by atoms with Gasteiger partial charge in [-0.05, 0) is 87.2 Å². The van der Waals surface area contributed by atoms with Crippen molar-refractivity contribution in [1.82, 2.24) is 4.90 Å². The Hall–Kier alpha value is -2.58. The molecule has 1 saturated carbocycles. The molecule has 1 aliphatic carbocycles. The second-order valence-electron chi connectivity index (χ2n) is 10.4. The SMILES string of the molecule is CCO/N=C(\CC1CCCCC1)C1CCN(Cc2ccc(Oc3ccc(NS(C)(=O)=O)cc3)cc2)CC1. The van der Waals surface area contributed by atoms with Crippen LogP contribution < -0.4 is 9.46 Å². The van der Waals surface area contributed by atoms with Gasteiger partial charge < -0.3 is 9.57 Å². The summed E-state index contributed by atoms with van der Waals surface area (Å²) >= 11 is 0. The molecule has 1 N–H and O–H groups in total. The Bertz CT molecular complexity index is 1100. The number of hydrogen-bond acceptors (Lipinski definition) is 6. The highest BCUT2D eigenvalue weighted by molar-refractivity contribution is 7.92. The number of sulfonamides is 1. The number of nitrogens with zero attached hydrogens (tertiary/aromatic N) is 2. The summed E-state index contributed by atoms with van der Waals surface area (Å²) in [6.07, 6.45) is 11.3. The second kappa shape index (κ2) is 13.3. The maximum atomic E-state index is 11.4. The summed E-state index contributed by atoms with van der Waals surface area (Å²) in [6, 6.07) is 15.1. The van der Waals surface area contributed by atoms with Gasteiger partial charge in [-0.2, -0.15) is 0 Å². The third kappa shape index (κ3) is 9.04. The summed E-state index contributed by atoms with van der Waals surface area (Å²) in [5.74, 6) is 2.74. The lowest BCUT2D eigenvalue weighted by Crippen LogP contribution is -2.36. The zero-order chi connectivity index (χ0) is 26.1. The van der Waals surface area contributed by atoms with E-state index in [1.165, 1.54) is 43.4 Å². The number of oxime groups is 1. The highest BCUT2D eigenvalue weighted by Crippen LogP contribution is 2.31. The van der Waals surface area contributed by atoms with Gasteiger partial charge in [0.05, 0.1) is 12.0 Å². The highest BCUT2D eigenvalue weighted by atomic mass is 32.2. The minimum atomic E-state index is -3.29. The number of anilines is 1. The van der Waals surface area contributed by atoms with Crippen LogP contribution in [0, 0.1) is 11.8 Å². The van der Waals surface area contributed by atoms with Crippen LogP contribution in [0.2, 0.25) is 0 Å². The van der Waals surface area contributed by atoms with Crippen molar-refractivity contribution in [2.45, 2.75) is 64.8 Å². The topological polar surface area (TPSA) is 80.2 Å². The minimum Gasteiger partial charge on any atom is -0.457 e. The third-order valence-corrected chi connectivity index (χ3v) is 7.92. The fourth-order valence-corrected chi connectivity index (χ4v) is 5.96. The maximum absolute atomic E-state index is 11.4. The van der Waals surface area contributed by atoms with E-state index >= 15 is 0 Å². The van der Waals surface area contributed by atoms with Crippen molar-refractivity contribution in [2.75, 3.05) is 30.7 Å². The summed E-state index contributed by atoms with van der Waals surface area (Å²) in [4.78, 5) is 8.05. The molecular weight excluding hydrogens is 486 g/mol. The van der Waals surface area contributed by atoms with Crippen LogP contribution in [0.1, 0.15) is 63.9 Å². The number of nitrogens with one attached hydrogen (secondary N) is 1. The summed E-state index contributed by atoms with van der Waals surface area (Å²) in [6.45, 7) is 5.73. The first-order valence-corrected chi connectivity index (χ1v) is 15.5. The van der Waals surface area contributed by atoms with Gasteiger partial charge in [0.2, 0.25) is 10.0 Å². The zero-order valence-corrected chi connectivity index (χ0v) is 23.0. The molecule has 0 bridgehead atoms. The summed E-state index contributed by atoms with van der Waals surface area (Å²) in [5.41, 5.74) is 3.08. The first kappa shape index (κ1) is 27.5. The molecule has 0 amide bonds. The smallest absolute Gasteiger partial charge is 0.229 e. The predicted molar refractivity (Wildman–Crippen MR) is 150 cm³/mol. The van der Waals surface area contributed by atoms with Crippen LogP contribution in [0.5, 0.6) is 11.5 Å². The normalized spacial score (nSPS) is 18.5. The average Bonchev–Trinajstić information content (AvgIpc) is 2.89. The van der Waals surface area contributed by atoms with Crippen LogP contribution in [-0.4, -0.2) is 45.0 Å². The van der Waals surface area contributed by atoms with Gasteiger partial charge in [-0.15, -0.1) is 0 Å². The van der Waals surface area contributed by atoms with Gasteiger partial charge in [-0.25, -0.2) is 8.42 Å². The van der Waals surface area contributed by atoms with Crippen molar-refractivity contribution >= 4 is 21.4 Å². The Morgan fingerprint density at radius 1 is 0.946 bits per heavy atom. The Balaban J connectivity index is 1.25. The van der Waals surface area contributed by atoms with Gasteiger partial charge in [0.25, 0.3) is 0 Å². The number of hydrogen-bond donors (Lipinski definition) is 1. The van der Waals surface area contributed by atoms with E-state index < -0.39 is 10.0 Å². The molecule has 202 valence electrons. The van der Waals surface area contributed by atoms with E-state index in [-0.39, 0.29) is 0 Å². The standard InChI is InChI=1S/C29H41N3O4S/c1-3-35-30-29(21-23-7-5-4-6-8-23)25-17-19-32(20-18-25)22-24-9-13-27(14-10-24)36-28-15-11-26(12-16-28)31-37(2,33)34/h9-16,23,25,31H,3-8,17-22H2,1-2H3/b30-29+. The Labute approximate surface area is 222 Å². The second-order valence-corrected chi connectivity index (χ2v) is 12.2. The lowest BCUT2D eigenvalue weighted by Gasteiger charge is -2.33. The molecule has 2 aromatic carbocycles. The Morgan fingerprint density at radius 2 is 1.57 bits per heavy atom. The number of piperidine rings is 1. The fraction of sp³-hybridized carbons (Fsp3) is 0.552. The predicted octanol–water partition coefficient (Wildman–Crippen LogP) is 6.43. The van der Waals surface area contributed by atoms with E-state index in [2.05, 4.69) is 26.9 Å². The van der Waals surface area contributed by atoms with Crippen molar-refractivity contribution in [3.05, 3.63) is 54.1 Å². The van der Waals surface area contributed by atoms with E-state index in [9.17, 15) is 8.42 Å². The van der Waals surface area contributed by atoms with Crippen LogP contribution in [0.4, 0.5) is 5.69 Å². The largest absolute Gasteiger partial charge is 0.457 e. The molecule has 37 heavy (non-hydrogen) atoms. The van der Waals surface area contributed by atoms with E-state index in [4.69, 9.17) is 9.57 Å². The van der Waals surface area contributed by atoms with Crippen LogP contribution in [0.25, 0.3) is 0 Å². The fourth-order valence-electron chi connectivity index (χ4n) is 5.40. The molecule has 8 heteroatoms. The van der Waals surface area contributed by atoms with Crippen molar-refractivity contribution in [3.8, 4) is 11.5 Å². The third-order valence-electron chi connectivity index (χ3n) is 7.32. The maximum Gasteiger partial charge on any atom is 0.229 e. The van der Waals surface area contributed by atoms with Gasteiger partial charge >= 0.3 is 0 Å². The van der Waals surface area contributed by atoms with Gasteiger partial charge in [0, 0.05) is 18.2 Å². The lowest BCUT2D eigenvalue weighted by molar-refractivity contribution is 0.150. The molecule has 4 rings (SSSR count). The molecule has 0 unspecified atom stereocenters. The number of benzene rings is 2. The van der Waals surface area contributed by atoms with Gasteiger partial charge in [0.1, 0.15) is 18.1 Å². The monoisotopic (exact) mass is 527 g/mol. The lowest BCUT2D eigenvalue weighted by atomic mass is 9.81. The van der Waals surface area contributed by atoms with Gasteiger partial charge in [-0.1, -0.05) is 49.4 Å². The Morgan fingerprint density at radius 3 is 2.16 bits per heavy atom. The molecular formula is C29H41N3O4S. The van der Waals surface area contributed by atoms with Crippen molar-refractivity contribution in [2.24, 2.45) is 17.0 Å². The quantitative estimate of drug-likeness (QED) is 0.269. The molecule has 0 aromatic heterocycles. The highest BCUT2D eigenvalue weighted by Gasteiger charge is 2.26. The molecule has 0 radical (unpaired) electrons. The van der Waals surface area contributed by atoms with Gasteiger partial charge in [-0.3, -0.25) is 9.62 Å². The van der Waals surface area contributed by atoms with Crippen LogP contribution in [0.15, 0.2) is 53.7 Å². The van der Waals surface area contributed by atoms with Crippen molar-refractivity contribution in [1.29, 1.82) is 0 Å². The molecule has 1 aliphatic heterocycles. The minimum absolute atomic E-state index is 0.513. The van der Waals surface area contributed by atoms with Gasteiger partial charge in [0.15, 0.2) is 0 Å². The van der Waals surface area contributed by atoms with E-state index in [0.29, 0.717) is 24.0 Å². The zero-order valence-electron chi connectivity index (χ0n) is 22.2.